The van der Waals surface area contributed by atoms with E-state index in [-0.39, 0.29) is 19.1 Å². The predicted octanol–water partition coefficient (Wildman–Crippen LogP) is 1.44. The van der Waals surface area contributed by atoms with E-state index in [9.17, 15) is 4.79 Å². The van der Waals surface area contributed by atoms with Crippen molar-refractivity contribution >= 4 is 17.2 Å². The van der Waals surface area contributed by atoms with Crippen molar-refractivity contribution in [3.8, 4) is 5.75 Å². The Balaban J connectivity index is 1.96. The Hall–Kier alpha value is -1.92. The molecule has 0 bridgehead atoms. The van der Waals surface area contributed by atoms with Gasteiger partial charge in [-0.25, -0.2) is 4.98 Å². The Bertz CT molecular complexity index is 528. The highest BCUT2D eigenvalue weighted by Gasteiger charge is 2.06. The lowest BCUT2D eigenvalue weighted by atomic mass is 10.2. The van der Waals surface area contributed by atoms with E-state index in [1.807, 2.05) is 5.38 Å². The lowest BCUT2D eigenvalue weighted by molar-refractivity contribution is 0.0944. The summed E-state index contributed by atoms with van der Waals surface area (Å²) < 4.78 is 5.56. The van der Waals surface area contributed by atoms with Gasteiger partial charge < -0.3 is 15.2 Å². The Morgan fingerprint density at radius 3 is 3.11 bits per heavy atom. The Kier molecular flexibility index (Phi) is 4.88. The van der Waals surface area contributed by atoms with Gasteiger partial charge in [0.25, 0.3) is 5.91 Å². The van der Waals surface area contributed by atoms with Crippen LogP contribution in [-0.4, -0.2) is 29.1 Å². The van der Waals surface area contributed by atoms with E-state index in [0.717, 1.165) is 5.01 Å². The second kappa shape index (κ2) is 6.86. The van der Waals surface area contributed by atoms with Gasteiger partial charge in [0.2, 0.25) is 0 Å². The zero-order chi connectivity index (χ0) is 13.5. The van der Waals surface area contributed by atoms with Crippen LogP contribution in [0.4, 0.5) is 0 Å². The predicted molar refractivity (Wildman–Crippen MR) is 72.3 cm³/mol. The maximum atomic E-state index is 11.7. The van der Waals surface area contributed by atoms with Crippen molar-refractivity contribution in [3.63, 3.8) is 0 Å². The van der Waals surface area contributed by atoms with E-state index in [1.54, 1.807) is 30.5 Å². The van der Waals surface area contributed by atoms with Gasteiger partial charge in [-0.1, -0.05) is 6.07 Å². The van der Waals surface area contributed by atoms with Crippen LogP contribution in [-0.2, 0) is 6.61 Å². The summed E-state index contributed by atoms with van der Waals surface area (Å²) in [5.74, 6) is 0.389. The molecule has 2 rings (SSSR count). The number of nitrogens with one attached hydrogen (secondary N) is 1. The number of carbonyl (C=O) groups is 1. The molecule has 5 nitrogen and oxygen atoms in total. The van der Waals surface area contributed by atoms with Crippen LogP contribution in [0, 0.1) is 0 Å². The van der Waals surface area contributed by atoms with Crippen molar-refractivity contribution in [3.05, 3.63) is 46.4 Å². The number of benzene rings is 1. The molecule has 6 heteroatoms. The minimum Gasteiger partial charge on any atom is -0.486 e. The smallest absolute Gasteiger partial charge is 0.251 e. The van der Waals surface area contributed by atoms with E-state index in [4.69, 9.17) is 9.84 Å². The number of amides is 1. The Labute approximate surface area is 114 Å². The number of ether oxygens (including phenoxy) is 1. The lowest BCUT2D eigenvalue weighted by Crippen LogP contribution is -2.26. The fourth-order valence-corrected chi connectivity index (χ4v) is 2.00. The third-order valence-corrected chi connectivity index (χ3v) is 3.09. The highest BCUT2D eigenvalue weighted by molar-refractivity contribution is 7.09. The molecule has 0 atom stereocenters. The summed E-state index contributed by atoms with van der Waals surface area (Å²) in [7, 11) is 0. The molecule has 0 fully saturated rings. The van der Waals surface area contributed by atoms with Gasteiger partial charge in [0.05, 0.1) is 6.61 Å². The Morgan fingerprint density at radius 2 is 2.37 bits per heavy atom. The highest BCUT2D eigenvalue weighted by Crippen LogP contribution is 2.15. The molecular weight excluding hydrogens is 264 g/mol. The molecule has 0 aliphatic heterocycles. The molecule has 1 aromatic heterocycles. The number of aromatic nitrogens is 1. The van der Waals surface area contributed by atoms with Crippen LogP contribution in [0.2, 0.25) is 0 Å². The van der Waals surface area contributed by atoms with E-state index in [1.165, 1.54) is 11.3 Å². The van der Waals surface area contributed by atoms with E-state index < -0.39 is 0 Å². The number of aliphatic hydroxyl groups excluding tert-OH is 1. The zero-order valence-corrected chi connectivity index (χ0v) is 11.0. The molecule has 0 radical (unpaired) electrons. The zero-order valence-electron chi connectivity index (χ0n) is 10.2. The second-order valence-electron chi connectivity index (χ2n) is 3.72. The maximum absolute atomic E-state index is 11.7. The van der Waals surface area contributed by atoms with Gasteiger partial charge in [-0.3, -0.25) is 4.79 Å². The first-order valence-corrected chi connectivity index (χ1v) is 6.68. The van der Waals surface area contributed by atoms with Crippen molar-refractivity contribution < 1.29 is 14.6 Å². The summed E-state index contributed by atoms with van der Waals surface area (Å²) in [6.45, 7) is 0.550. The summed E-state index contributed by atoms with van der Waals surface area (Å²) >= 11 is 1.52. The molecule has 19 heavy (non-hydrogen) atoms. The summed E-state index contributed by atoms with van der Waals surface area (Å²) in [5, 5.41) is 14.0. The summed E-state index contributed by atoms with van der Waals surface area (Å²) in [6.07, 6.45) is 1.72. The molecule has 0 spiro atoms. The number of carbonyl (C=O) groups excluding carboxylic acids is 1. The highest BCUT2D eigenvalue weighted by atomic mass is 32.1. The average molecular weight is 278 g/mol. The number of nitrogens with zero attached hydrogens (tertiary/aromatic N) is 1. The number of aliphatic hydroxyl groups is 1. The second-order valence-corrected chi connectivity index (χ2v) is 4.70. The fraction of sp³-hybridized carbons (Fsp3) is 0.231. The molecule has 0 saturated heterocycles. The van der Waals surface area contributed by atoms with Crippen LogP contribution >= 0.6 is 11.3 Å². The minimum atomic E-state index is -0.228. The topological polar surface area (TPSA) is 71.5 Å². The molecule has 0 aliphatic rings. The van der Waals surface area contributed by atoms with Crippen molar-refractivity contribution in [2.75, 3.05) is 13.2 Å². The first-order valence-electron chi connectivity index (χ1n) is 5.80. The maximum Gasteiger partial charge on any atom is 0.251 e. The van der Waals surface area contributed by atoms with Crippen LogP contribution in [0.15, 0.2) is 35.8 Å². The molecule has 2 aromatic rings. The quantitative estimate of drug-likeness (QED) is 0.839. The van der Waals surface area contributed by atoms with E-state index in [0.29, 0.717) is 17.9 Å². The van der Waals surface area contributed by atoms with E-state index >= 15 is 0 Å². The first-order chi connectivity index (χ1) is 9.29. The van der Waals surface area contributed by atoms with Gasteiger partial charge in [0.15, 0.2) is 0 Å². The fourth-order valence-electron chi connectivity index (χ4n) is 1.47. The molecule has 0 unspecified atom stereocenters. The summed E-state index contributed by atoms with van der Waals surface area (Å²) in [4.78, 5) is 15.8. The molecule has 1 amide bonds. The summed E-state index contributed by atoms with van der Waals surface area (Å²) in [6, 6.07) is 6.91. The molecule has 0 saturated carbocycles. The van der Waals surface area contributed by atoms with Crippen molar-refractivity contribution in [1.82, 2.24) is 10.3 Å². The van der Waals surface area contributed by atoms with Crippen LogP contribution < -0.4 is 10.1 Å². The van der Waals surface area contributed by atoms with Crippen molar-refractivity contribution in [2.24, 2.45) is 0 Å². The van der Waals surface area contributed by atoms with Gasteiger partial charge in [-0.2, -0.15) is 0 Å². The van der Waals surface area contributed by atoms with Crippen LogP contribution in [0.5, 0.6) is 5.75 Å². The molecular formula is C13H14N2O3S. The molecule has 0 aliphatic carbocycles. The molecule has 1 aromatic carbocycles. The largest absolute Gasteiger partial charge is 0.486 e. The normalized spacial score (nSPS) is 10.2. The number of hydrogen-bond acceptors (Lipinski definition) is 5. The molecule has 1 heterocycles. The van der Waals surface area contributed by atoms with Gasteiger partial charge in [0, 0.05) is 23.7 Å². The van der Waals surface area contributed by atoms with Gasteiger partial charge >= 0.3 is 0 Å². The minimum absolute atomic E-state index is 0.0774. The SMILES string of the molecule is O=C(NCCO)c1cccc(OCc2nccs2)c1. The Morgan fingerprint density at radius 1 is 1.47 bits per heavy atom. The third-order valence-electron chi connectivity index (χ3n) is 2.34. The number of thiazole rings is 1. The molecule has 100 valence electrons. The average Bonchev–Trinajstić information content (AvgIpc) is 2.96. The number of rotatable bonds is 6. The van der Waals surface area contributed by atoms with Crippen molar-refractivity contribution in [2.45, 2.75) is 6.61 Å². The van der Waals surface area contributed by atoms with Crippen LogP contribution in [0.25, 0.3) is 0 Å². The van der Waals surface area contributed by atoms with Crippen molar-refractivity contribution in [1.29, 1.82) is 0 Å². The lowest BCUT2D eigenvalue weighted by Gasteiger charge is -2.07. The standard InChI is InChI=1S/C13H14N2O3S/c16-6-4-15-13(17)10-2-1-3-11(8-10)18-9-12-14-5-7-19-12/h1-3,5,7-8,16H,4,6,9H2,(H,15,17). The van der Waals surface area contributed by atoms with E-state index in [2.05, 4.69) is 10.3 Å². The van der Waals surface area contributed by atoms with Gasteiger partial charge in [-0.05, 0) is 18.2 Å². The molecule has 2 N–H and O–H groups in total. The third kappa shape index (κ3) is 4.04. The van der Waals surface area contributed by atoms with Crippen LogP contribution in [0.1, 0.15) is 15.4 Å². The first kappa shape index (κ1) is 13.5. The van der Waals surface area contributed by atoms with Gasteiger partial charge in [0.1, 0.15) is 17.4 Å². The monoisotopic (exact) mass is 278 g/mol. The van der Waals surface area contributed by atoms with Gasteiger partial charge in [-0.15, -0.1) is 11.3 Å². The summed E-state index contributed by atoms with van der Waals surface area (Å²) in [5.41, 5.74) is 0.505. The van der Waals surface area contributed by atoms with Crippen LogP contribution in [0.3, 0.4) is 0 Å². The number of hydrogen-bond donors (Lipinski definition) is 2.